The lowest BCUT2D eigenvalue weighted by atomic mass is 10.0. The molecule has 0 aliphatic heterocycles. The third-order valence-electron chi connectivity index (χ3n) is 16.7. The number of allylic oxidation sites excluding steroid dienone is 4. The van der Waals surface area contributed by atoms with Crippen molar-refractivity contribution >= 4 is 39.5 Å². The maximum Gasteiger partial charge on any atom is 0.472 e. The number of carbonyl (C=O) groups excluding carboxylic acids is 4. The number of phosphoric acid groups is 2. The van der Waals surface area contributed by atoms with Crippen LogP contribution < -0.4 is 0 Å². The van der Waals surface area contributed by atoms with Crippen LogP contribution in [0.1, 0.15) is 368 Å². The fraction of sp³-hybridized carbons (Fsp3) is 0.892. The molecule has 0 heterocycles. The average molecular weight is 1360 g/mol. The van der Waals surface area contributed by atoms with Crippen molar-refractivity contribution in [2.75, 3.05) is 39.6 Å². The molecule has 3 N–H and O–H groups in total. The fourth-order valence-electron chi connectivity index (χ4n) is 10.9. The zero-order valence-corrected chi connectivity index (χ0v) is 61.5. The molecule has 17 nitrogen and oxygen atoms in total. The van der Waals surface area contributed by atoms with Crippen molar-refractivity contribution in [3.63, 3.8) is 0 Å². The van der Waals surface area contributed by atoms with Crippen LogP contribution in [0, 0.1) is 0 Å². The van der Waals surface area contributed by atoms with Crippen LogP contribution >= 0.6 is 15.6 Å². The molecule has 0 bridgehead atoms. The lowest BCUT2D eigenvalue weighted by Gasteiger charge is -2.21. The topological polar surface area (TPSA) is 237 Å². The summed E-state index contributed by atoms with van der Waals surface area (Å²) in [6.07, 6.45) is 60.5. The van der Waals surface area contributed by atoms with Gasteiger partial charge in [0.15, 0.2) is 12.2 Å². The minimum Gasteiger partial charge on any atom is -0.462 e. The van der Waals surface area contributed by atoms with Crippen LogP contribution in [-0.4, -0.2) is 96.7 Å². The van der Waals surface area contributed by atoms with Crippen molar-refractivity contribution in [1.82, 2.24) is 0 Å². The van der Waals surface area contributed by atoms with Crippen molar-refractivity contribution in [2.24, 2.45) is 0 Å². The van der Waals surface area contributed by atoms with Crippen molar-refractivity contribution in [3.05, 3.63) is 24.3 Å². The first-order valence-corrected chi connectivity index (χ1v) is 41.1. The summed E-state index contributed by atoms with van der Waals surface area (Å²) in [5.41, 5.74) is 0. The molecule has 0 amide bonds. The Morgan fingerprint density at radius 3 is 0.785 bits per heavy atom. The van der Waals surface area contributed by atoms with Gasteiger partial charge in [0.25, 0.3) is 0 Å². The van der Waals surface area contributed by atoms with E-state index in [1.807, 2.05) is 0 Å². The first-order valence-electron chi connectivity index (χ1n) is 38.1. The van der Waals surface area contributed by atoms with E-state index in [0.717, 1.165) is 122 Å². The van der Waals surface area contributed by atoms with E-state index >= 15 is 0 Å². The minimum atomic E-state index is -4.96. The van der Waals surface area contributed by atoms with Gasteiger partial charge in [-0.15, -0.1) is 0 Å². The Morgan fingerprint density at radius 1 is 0.301 bits per heavy atom. The predicted molar refractivity (Wildman–Crippen MR) is 377 cm³/mol. The second-order valence-corrected chi connectivity index (χ2v) is 28.9. The van der Waals surface area contributed by atoms with Crippen LogP contribution in [0.5, 0.6) is 0 Å². The Morgan fingerprint density at radius 2 is 0.516 bits per heavy atom. The molecule has 0 aromatic carbocycles. The Bertz CT molecular complexity index is 1870. The molecule has 0 spiro atoms. The summed E-state index contributed by atoms with van der Waals surface area (Å²) in [7, 11) is -9.91. The SMILES string of the molecule is CCCCCC/C=C\C=C/CCCCCCCC(=O)OC[C@H](COP(=O)(O)OC[C@@H](O)COP(=O)(O)OC[C@@H](COC(=O)CCCCCCCCC)OC(=O)CCCCCCCCCCCCCCCC)OC(=O)CCCCCCCCCCCCCCCCCCC. The molecule has 5 atom stereocenters. The number of carbonyl (C=O) groups is 4. The number of esters is 4. The number of phosphoric ester groups is 2. The molecule has 19 heteroatoms. The van der Waals surface area contributed by atoms with E-state index in [2.05, 4.69) is 52.0 Å². The number of hydrogen-bond donors (Lipinski definition) is 3. The van der Waals surface area contributed by atoms with E-state index in [1.54, 1.807) is 0 Å². The van der Waals surface area contributed by atoms with Crippen LogP contribution in [0.25, 0.3) is 0 Å². The Kier molecular flexibility index (Phi) is 66.3. The number of unbranched alkanes of at least 4 members (excludes halogenated alkanes) is 44. The van der Waals surface area contributed by atoms with Gasteiger partial charge in [-0.05, 0) is 51.4 Å². The number of rotatable bonds is 73. The summed E-state index contributed by atoms with van der Waals surface area (Å²) >= 11 is 0. The monoisotopic (exact) mass is 1360 g/mol. The standard InChI is InChI=1S/C74H140O17P2/c1-5-9-13-17-21-24-27-30-33-34-36-39-42-45-49-53-57-61-74(79)91-70(65-85-72(77)59-55-51-47-43-40-38-35-31-28-25-22-18-14-10-6-2)67-89-93(82,83)87-63-68(75)62-86-92(80,81)88-66-69(64-84-71(76)58-54-50-46-20-16-12-8-4)90-73(78)60-56-52-48-44-41-37-32-29-26-23-19-15-11-7-3/h25,28,31,35,68-70,75H,5-24,26-27,29-30,32-34,36-67H2,1-4H3,(H,80,81)(H,82,83)/b28-25-,35-31-/t68-,69+,70+/m0/s1. The molecule has 0 radical (unpaired) electrons. The second kappa shape index (κ2) is 68.1. The first kappa shape index (κ1) is 90.5. The first-order chi connectivity index (χ1) is 45.2. The highest BCUT2D eigenvalue weighted by Crippen LogP contribution is 2.45. The highest BCUT2D eigenvalue weighted by molar-refractivity contribution is 7.47. The van der Waals surface area contributed by atoms with Crippen molar-refractivity contribution in [1.29, 1.82) is 0 Å². The molecule has 93 heavy (non-hydrogen) atoms. The summed E-state index contributed by atoms with van der Waals surface area (Å²) in [4.78, 5) is 72.6. The molecule has 0 saturated carbocycles. The molecule has 0 rings (SSSR count). The van der Waals surface area contributed by atoms with Gasteiger partial charge in [0.05, 0.1) is 26.4 Å². The zero-order valence-electron chi connectivity index (χ0n) is 59.7. The number of ether oxygens (including phenoxy) is 4. The molecule has 0 aliphatic rings. The van der Waals surface area contributed by atoms with Gasteiger partial charge in [-0.1, -0.05) is 315 Å². The van der Waals surface area contributed by atoms with Gasteiger partial charge in [-0.3, -0.25) is 37.3 Å². The van der Waals surface area contributed by atoms with Gasteiger partial charge in [-0.25, -0.2) is 9.13 Å². The number of hydrogen-bond acceptors (Lipinski definition) is 15. The van der Waals surface area contributed by atoms with E-state index in [1.165, 1.54) is 167 Å². The fourth-order valence-corrected chi connectivity index (χ4v) is 12.4. The smallest absolute Gasteiger partial charge is 0.462 e. The number of aliphatic hydroxyl groups excluding tert-OH is 1. The van der Waals surface area contributed by atoms with Crippen LogP contribution in [0.15, 0.2) is 24.3 Å². The largest absolute Gasteiger partial charge is 0.472 e. The molecule has 548 valence electrons. The van der Waals surface area contributed by atoms with Gasteiger partial charge in [-0.2, -0.15) is 0 Å². The van der Waals surface area contributed by atoms with Crippen LogP contribution in [-0.2, 0) is 65.4 Å². The maximum atomic E-state index is 13.1. The van der Waals surface area contributed by atoms with E-state index in [0.29, 0.717) is 25.7 Å². The van der Waals surface area contributed by atoms with Crippen LogP contribution in [0.3, 0.4) is 0 Å². The van der Waals surface area contributed by atoms with Gasteiger partial charge in [0.2, 0.25) is 0 Å². The maximum absolute atomic E-state index is 13.1. The zero-order chi connectivity index (χ0) is 68.2. The number of aliphatic hydroxyl groups is 1. The highest BCUT2D eigenvalue weighted by Gasteiger charge is 2.30. The van der Waals surface area contributed by atoms with Gasteiger partial charge in [0.1, 0.15) is 19.3 Å². The normalized spacial score (nSPS) is 14.1. The van der Waals surface area contributed by atoms with Crippen molar-refractivity contribution in [2.45, 2.75) is 386 Å². The van der Waals surface area contributed by atoms with Gasteiger partial charge >= 0.3 is 39.5 Å². The lowest BCUT2D eigenvalue weighted by molar-refractivity contribution is -0.161. The van der Waals surface area contributed by atoms with Crippen LogP contribution in [0.2, 0.25) is 0 Å². The summed E-state index contributed by atoms with van der Waals surface area (Å²) in [6, 6.07) is 0. The average Bonchev–Trinajstić information content (AvgIpc) is 2.53. The summed E-state index contributed by atoms with van der Waals surface area (Å²) in [5.74, 6) is -2.15. The molecule has 0 aromatic rings. The van der Waals surface area contributed by atoms with Gasteiger partial charge < -0.3 is 33.8 Å². The molecular formula is C74H140O17P2. The molecule has 2 unspecified atom stereocenters. The van der Waals surface area contributed by atoms with E-state index in [9.17, 15) is 43.2 Å². The Hall–Kier alpha value is -2.46. The summed E-state index contributed by atoms with van der Waals surface area (Å²) < 4.78 is 68.3. The summed E-state index contributed by atoms with van der Waals surface area (Å²) in [5, 5.41) is 10.6. The van der Waals surface area contributed by atoms with Gasteiger partial charge in [0, 0.05) is 25.7 Å². The van der Waals surface area contributed by atoms with E-state index in [4.69, 9.17) is 37.0 Å². The second-order valence-electron chi connectivity index (χ2n) is 26.0. The predicted octanol–water partition coefficient (Wildman–Crippen LogP) is 21.4. The molecule has 0 aromatic heterocycles. The molecule has 0 aliphatic carbocycles. The highest BCUT2D eigenvalue weighted by atomic mass is 31.2. The molecular weight excluding hydrogens is 1220 g/mol. The third-order valence-corrected chi connectivity index (χ3v) is 18.6. The van der Waals surface area contributed by atoms with E-state index < -0.39 is 97.5 Å². The lowest BCUT2D eigenvalue weighted by Crippen LogP contribution is -2.30. The Labute approximate surface area is 567 Å². The third kappa shape index (κ3) is 67.9. The van der Waals surface area contributed by atoms with Crippen molar-refractivity contribution in [3.8, 4) is 0 Å². The summed E-state index contributed by atoms with van der Waals surface area (Å²) in [6.45, 7) is 4.87. The van der Waals surface area contributed by atoms with Crippen LogP contribution in [0.4, 0.5) is 0 Å². The molecule has 0 saturated heterocycles. The molecule has 0 fully saturated rings. The minimum absolute atomic E-state index is 0.102. The quantitative estimate of drug-likeness (QED) is 0.0169. The van der Waals surface area contributed by atoms with Crippen molar-refractivity contribution < 1.29 is 80.2 Å². The Balaban J connectivity index is 5.23. The van der Waals surface area contributed by atoms with E-state index in [-0.39, 0.29) is 25.7 Å².